The first kappa shape index (κ1) is 16.1. The summed E-state index contributed by atoms with van der Waals surface area (Å²) in [5, 5.41) is 12.2. The number of nitrogens with one attached hydrogen (secondary N) is 1. The minimum atomic E-state index is -0.523. The highest BCUT2D eigenvalue weighted by Crippen LogP contribution is 2.22. The predicted molar refractivity (Wildman–Crippen MR) is 80.9 cm³/mol. The molecule has 22 heavy (non-hydrogen) atoms. The van der Waals surface area contributed by atoms with Crippen LogP contribution < -0.4 is 5.32 Å². The SMILES string of the molecule is CC(C)OC(=O)N1CCC(Nc2cccc(F)c2C#N)CC1. The number of ether oxygens (including phenoxy) is 1. The number of halogens is 1. The molecule has 0 radical (unpaired) electrons. The molecule has 1 heterocycles. The zero-order chi connectivity index (χ0) is 16.1. The quantitative estimate of drug-likeness (QED) is 0.932. The fourth-order valence-electron chi connectivity index (χ4n) is 2.46. The average molecular weight is 305 g/mol. The first-order chi connectivity index (χ1) is 10.5. The Balaban J connectivity index is 1.92. The van der Waals surface area contributed by atoms with Crippen molar-refractivity contribution in [1.29, 1.82) is 5.26 Å². The van der Waals surface area contributed by atoms with Crippen molar-refractivity contribution in [3.8, 4) is 6.07 Å². The fourth-order valence-corrected chi connectivity index (χ4v) is 2.46. The molecule has 1 aliphatic heterocycles. The Kier molecular flexibility index (Phi) is 5.21. The van der Waals surface area contributed by atoms with Crippen LogP contribution in [-0.2, 0) is 4.74 Å². The summed E-state index contributed by atoms with van der Waals surface area (Å²) in [5.41, 5.74) is 0.537. The van der Waals surface area contributed by atoms with Gasteiger partial charge >= 0.3 is 6.09 Å². The second-order valence-electron chi connectivity index (χ2n) is 5.61. The lowest BCUT2D eigenvalue weighted by Gasteiger charge is -2.32. The van der Waals surface area contributed by atoms with Crippen molar-refractivity contribution in [3.63, 3.8) is 0 Å². The maximum Gasteiger partial charge on any atom is 0.410 e. The summed E-state index contributed by atoms with van der Waals surface area (Å²) < 4.78 is 18.7. The van der Waals surface area contributed by atoms with Crippen LogP contribution >= 0.6 is 0 Å². The predicted octanol–water partition coefficient (Wildman–Crippen LogP) is 3.12. The van der Waals surface area contributed by atoms with Crippen LogP contribution in [0.4, 0.5) is 14.9 Å². The maximum atomic E-state index is 13.6. The zero-order valence-electron chi connectivity index (χ0n) is 12.8. The van der Waals surface area contributed by atoms with E-state index in [1.165, 1.54) is 6.07 Å². The number of nitriles is 1. The van der Waals surface area contributed by atoms with Gasteiger partial charge in [-0.15, -0.1) is 0 Å². The molecule has 0 atom stereocenters. The smallest absolute Gasteiger partial charge is 0.410 e. The molecular weight excluding hydrogens is 285 g/mol. The lowest BCUT2D eigenvalue weighted by atomic mass is 10.0. The number of carbonyl (C=O) groups excluding carboxylic acids is 1. The Labute approximate surface area is 129 Å². The van der Waals surface area contributed by atoms with E-state index in [0.29, 0.717) is 18.8 Å². The molecule has 0 bridgehead atoms. The number of rotatable bonds is 3. The van der Waals surface area contributed by atoms with E-state index in [4.69, 9.17) is 10.00 Å². The van der Waals surface area contributed by atoms with Gasteiger partial charge in [0.2, 0.25) is 0 Å². The molecule has 5 nitrogen and oxygen atoms in total. The first-order valence-electron chi connectivity index (χ1n) is 7.42. The van der Waals surface area contributed by atoms with E-state index in [9.17, 15) is 9.18 Å². The van der Waals surface area contributed by atoms with Crippen molar-refractivity contribution in [1.82, 2.24) is 4.90 Å². The van der Waals surface area contributed by atoms with Crippen molar-refractivity contribution in [2.45, 2.75) is 38.8 Å². The van der Waals surface area contributed by atoms with Gasteiger partial charge in [-0.05, 0) is 38.8 Å². The van der Waals surface area contributed by atoms with Crippen LogP contribution in [0.2, 0.25) is 0 Å². The number of anilines is 1. The van der Waals surface area contributed by atoms with Gasteiger partial charge in [-0.3, -0.25) is 0 Å². The molecule has 6 heteroatoms. The first-order valence-corrected chi connectivity index (χ1v) is 7.42. The molecule has 118 valence electrons. The van der Waals surface area contributed by atoms with E-state index in [1.807, 2.05) is 19.9 Å². The van der Waals surface area contributed by atoms with E-state index in [2.05, 4.69) is 5.32 Å². The molecule has 1 aliphatic rings. The highest BCUT2D eigenvalue weighted by molar-refractivity contribution is 5.68. The number of likely N-dealkylation sites (tertiary alicyclic amines) is 1. The topological polar surface area (TPSA) is 65.4 Å². The standard InChI is InChI=1S/C16H20FN3O2/c1-11(2)22-16(21)20-8-6-12(7-9-20)19-15-5-3-4-14(17)13(15)10-18/h3-5,11-12,19H,6-9H2,1-2H3. The van der Waals surface area contributed by atoms with Crippen molar-refractivity contribution >= 4 is 11.8 Å². The molecule has 1 aromatic rings. The Hall–Kier alpha value is -2.29. The van der Waals surface area contributed by atoms with Gasteiger partial charge in [-0.2, -0.15) is 5.26 Å². The fraction of sp³-hybridized carbons (Fsp3) is 0.500. The lowest BCUT2D eigenvalue weighted by molar-refractivity contribution is 0.0701. The van der Waals surface area contributed by atoms with Gasteiger partial charge in [0.1, 0.15) is 17.4 Å². The van der Waals surface area contributed by atoms with Gasteiger partial charge in [0.05, 0.1) is 11.8 Å². The molecule has 0 aromatic heterocycles. The summed E-state index contributed by atoms with van der Waals surface area (Å²) in [6, 6.07) is 6.53. The van der Waals surface area contributed by atoms with Crippen LogP contribution in [-0.4, -0.2) is 36.2 Å². The van der Waals surface area contributed by atoms with E-state index in [0.717, 1.165) is 12.8 Å². The second kappa shape index (κ2) is 7.12. The summed E-state index contributed by atoms with van der Waals surface area (Å²) in [7, 11) is 0. The molecule has 0 unspecified atom stereocenters. The third-order valence-electron chi connectivity index (χ3n) is 3.57. The number of hydrogen-bond donors (Lipinski definition) is 1. The average Bonchev–Trinajstić information content (AvgIpc) is 2.47. The van der Waals surface area contributed by atoms with Gasteiger partial charge < -0.3 is 15.0 Å². The molecule has 2 rings (SSSR count). The van der Waals surface area contributed by atoms with Gasteiger partial charge in [-0.25, -0.2) is 9.18 Å². The van der Waals surface area contributed by atoms with Crippen molar-refractivity contribution in [2.24, 2.45) is 0 Å². The summed E-state index contributed by atoms with van der Waals surface area (Å²) in [5.74, 6) is -0.523. The van der Waals surface area contributed by atoms with Crippen molar-refractivity contribution in [3.05, 3.63) is 29.6 Å². The summed E-state index contributed by atoms with van der Waals surface area (Å²) in [6.45, 7) is 4.81. The van der Waals surface area contributed by atoms with Crippen molar-refractivity contribution in [2.75, 3.05) is 18.4 Å². The highest BCUT2D eigenvalue weighted by atomic mass is 19.1. The van der Waals surface area contributed by atoms with E-state index >= 15 is 0 Å². The number of nitrogens with zero attached hydrogens (tertiary/aromatic N) is 2. The van der Waals surface area contributed by atoms with Crippen molar-refractivity contribution < 1.29 is 13.9 Å². The maximum absolute atomic E-state index is 13.6. The van der Waals surface area contributed by atoms with Gasteiger partial charge in [0, 0.05) is 19.1 Å². The molecular formula is C16H20FN3O2. The zero-order valence-corrected chi connectivity index (χ0v) is 12.8. The molecule has 1 amide bonds. The van der Waals surface area contributed by atoms with Gasteiger partial charge in [-0.1, -0.05) is 6.07 Å². The van der Waals surface area contributed by atoms with E-state index < -0.39 is 5.82 Å². The molecule has 1 saturated heterocycles. The Morgan fingerprint density at radius 2 is 2.14 bits per heavy atom. The third kappa shape index (κ3) is 3.88. The largest absolute Gasteiger partial charge is 0.447 e. The van der Waals surface area contributed by atoms with E-state index in [-0.39, 0.29) is 23.8 Å². The summed E-state index contributed by atoms with van der Waals surface area (Å²) >= 11 is 0. The number of benzene rings is 1. The van der Waals surface area contributed by atoms with Crippen LogP contribution in [0.5, 0.6) is 0 Å². The number of carbonyl (C=O) groups is 1. The van der Waals surface area contributed by atoms with Crippen LogP contribution in [0.25, 0.3) is 0 Å². The number of amides is 1. The number of piperidine rings is 1. The van der Waals surface area contributed by atoms with Crippen LogP contribution in [0.3, 0.4) is 0 Å². The normalized spacial score (nSPS) is 15.5. The minimum Gasteiger partial charge on any atom is -0.447 e. The monoisotopic (exact) mass is 305 g/mol. The Morgan fingerprint density at radius 1 is 1.45 bits per heavy atom. The Bertz CT molecular complexity index is 575. The van der Waals surface area contributed by atoms with Crippen LogP contribution in [0, 0.1) is 17.1 Å². The molecule has 1 N–H and O–H groups in total. The van der Waals surface area contributed by atoms with E-state index in [1.54, 1.807) is 17.0 Å². The number of hydrogen-bond acceptors (Lipinski definition) is 4. The van der Waals surface area contributed by atoms with Crippen LogP contribution in [0.15, 0.2) is 18.2 Å². The summed E-state index contributed by atoms with van der Waals surface area (Å²) in [4.78, 5) is 13.5. The molecule has 1 aromatic carbocycles. The Morgan fingerprint density at radius 3 is 2.73 bits per heavy atom. The summed E-state index contributed by atoms with van der Waals surface area (Å²) in [6.07, 6.45) is 1.04. The minimum absolute atomic E-state index is 0.0316. The van der Waals surface area contributed by atoms with Crippen LogP contribution in [0.1, 0.15) is 32.3 Å². The lowest BCUT2D eigenvalue weighted by Crippen LogP contribution is -2.43. The molecule has 1 fully saturated rings. The van der Waals surface area contributed by atoms with Gasteiger partial charge in [0.15, 0.2) is 0 Å². The third-order valence-corrected chi connectivity index (χ3v) is 3.57. The second-order valence-corrected chi connectivity index (χ2v) is 5.61. The molecule has 0 saturated carbocycles. The molecule has 0 spiro atoms. The van der Waals surface area contributed by atoms with Gasteiger partial charge in [0.25, 0.3) is 0 Å². The molecule has 0 aliphatic carbocycles. The highest BCUT2D eigenvalue weighted by Gasteiger charge is 2.24.